The first-order chi connectivity index (χ1) is 8.43. The molecule has 3 nitrogen and oxygen atoms in total. The highest BCUT2D eigenvalue weighted by molar-refractivity contribution is 7.92. The second-order valence-electron chi connectivity index (χ2n) is 4.83. The van der Waals surface area contributed by atoms with E-state index in [0.29, 0.717) is 10.8 Å². The zero-order chi connectivity index (χ0) is 13.8. The molecule has 0 saturated carbocycles. The predicted molar refractivity (Wildman–Crippen MR) is 75.7 cm³/mol. The molecule has 0 heterocycles. The quantitative estimate of drug-likeness (QED) is 0.863. The summed E-state index contributed by atoms with van der Waals surface area (Å²) in [4.78, 5) is 0.417. The molecule has 0 radical (unpaired) electrons. The minimum atomic E-state index is -3.15. The molecule has 0 aliphatic carbocycles. The van der Waals surface area contributed by atoms with E-state index in [2.05, 4.69) is 12.2 Å². The summed E-state index contributed by atoms with van der Waals surface area (Å²) < 4.78 is 24.0. The van der Waals surface area contributed by atoms with Crippen molar-refractivity contribution in [2.75, 3.05) is 13.6 Å². The van der Waals surface area contributed by atoms with E-state index < -0.39 is 9.84 Å². The second kappa shape index (κ2) is 6.34. The minimum absolute atomic E-state index is 0.373. The van der Waals surface area contributed by atoms with E-state index in [-0.39, 0.29) is 5.25 Å². The molecule has 0 aliphatic heterocycles. The van der Waals surface area contributed by atoms with Crippen molar-refractivity contribution in [3.8, 4) is 0 Å². The molecule has 0 fully saturated rings. The van der Waals surface area contributed by atoms with Crippen LogP contribution in [0.15, 0.2) is 29.2 Å². The van der Waals surface area contributed by atoms with Gasteiger partial charge in [0.15, 0.2) is 9.84 Å². The van der Waals surface area contributed by atoms with E-state index in [9.17, 15) is 8.42 Å². The van der Waals surface area contributed by atoms with Crippen molar-refractivity contribution >= 4 is 9.84 Å². The molecule has 1 unspecified atom stereocenters. The van der Waals surface area contributed by atoms with Crippen LogP contribution < -0.4 is 5.32 Å². The van der Waals surface area contributed by atoms with Gasteiger partial charge in [0.05, 0.1) is 10.1 Å². The highest BCUT2D eigenvalue weighted by Gasteiger charge is 2.19. The molecule has 0 bridgehead atoms. The number of hydrogen-bond acceptors (Lipinski definition) is 3. The topological polar surface area (TPSA) is 46.2 Å². The Morgan fingerprint density at radius 3 is 2.11 bits per heavy atom. The van der Waals surface area contributed by atoms with E-state index in [0.717, 1.165) is 13.0 Å². The van der Waals surface area contributed by atoms with Gasteiger partial charge in [-0.05, 0) is 50.9 Å². The van der Waals surface area contributed by atoms with Crippen LogP contribution in [0.5, 0.6) is 0 Å². The third-order valence-corrected chi connectivity index (χ3v) is 5.41. The average molecular weight is 269 g/mol. The van der Waals surface area contributed by atoms with E-state index >= 15 is 0 Å². The fraction of sp³-hybridized carbons (Fsp3) is 0.571. The number of nitrogens with one attached hydrogen (secondary N) is 1. The van der Waals surface area contributed by atoms with Crippen molar-refractivity contribution in [3.05, 3.63) is 29.8 Å². The molecule has 4 heteroatoms. The zero-order valence-corrected chi connectivity index (χ0v) is 12.4. The van der Waals surface area contributed by atoms with Crippen molar-refractivity contribution in [1.29, 1.82) is 0 Å². The van der Waals surface area contributed by atoms with Gasteiger partial charge < -0.3 is 5.32 Å². The van der Waals surface area contributed by atoms with Crippen LogP contribution >= 0.6 is 0 Å². The smallest absolute Gasteiger partial charge is 0.180 e. The summed E-state index contributed by atoms with van der Waals surface area (Å²) in [6.07, 6.45) is 1.04. The Balaban J connectivity index is 2.99. The second-order valence-corrected chi connectivity index (χ2v) is 7.33. The number of rotatable bonds is 6. The van der Waals surface area contributed by atoms with E-state index in [1.807, 2.05) is 19.2 Å². The summed E-state index contributed by atoms with van der Waals surface area (Å²) >= 11 is 0. The molecule has 0 spiro atoms. The van der Waals surface area contributed by atoms with Crippen molar-refractivity contribution < 1.29 is 8.42 Å². The number of benzene rings is 1. The van der Waals surface area contributed by atoms with Gasteiger partial charge in [-0.1, -0.05) is 19.1 Å². The van der Waals surface area contributed by atoms with Crippen LogP contribution in [0, 0.1) is 0 Å². The molecule has 1 atom stereocenters. The summed E-state index contributed by atoms with van der Waals surface area (Å²) in [6, 6.07) is 7.31. The van der Waals surface area contributed by atoms with Gasteiger partial charge in [-0.3, -0.25) is 0 Å². The first-order valence-electron chi connectivity index (χ1n) is 6.42. The Hall–Kier alpha value is -0.870. The molecule has 0 saturated heterocycles. The number of sulfone groups is 1. The molecular formula is C14H23NO2S. The number of hydrogen-bond donors (Lipinski definition) is 1. The Morgan fingerprint density at radius 2 is 1.72 bits per heavy atom. The van der Waals surface area contributed by atoms with Crippen LogP contribution in [-0.2, 0) is 9.84 Å². The van der Waals surface area contributed by atoms with Crippen LogP contribution in [-0.4, -0.2) is 27.3 Å². The van der Waals surface area contributed by atoms with Crippen molar-refractivity contribution in [3.63, 3.8) is 0 Å². The highest BCUT2D eigenvalue weighted by atomic mass is 32.2. The average Bonchev–Trinajstić information content (AvgIpc) is 2.36. The summed E-state index contributed by atoms with van der Waals surface area (Å²) in [5.41, 5.74) is 1.19. The molecule has 18 heavy (non-hydrogen) atoms. The molecule has 0 aliphatic rings. The van der Waals surface area contributed by atoms with Gasteiger partial charge >= 0.3 is 0 Å². The van der Waals surface area contributed by atoms with Gasteiger partial charge in [0.2, 0.25) is 0 Å². The highest BCUT2D eigenvalue weighted by Crippen LogP contribution is 2.22. The third-order valence-electron chi connectivity index (χ3n) is 3.24. The van der Waals surface area contributed by atoms with Gasteiger partial charge in [0.1, 0.15) is 0 Å². The van der Waals surface area contributed by atoms with Gasteiger partial charge in [0.25, 0.3) is 0 Å². The summed E-state index contributed by atoms with van der Waals surface area (Å²) in [7, 11) is -1.22. The van der Waals surface area contributed by atoms with Crippen LogP contribution in [0.2, 0.25) is 0 Å². The van der Waals surface area contributed by atoms with Gasteiger partial charge in [-0.15, -0.1) is 0 Å². The number of likely N-dealkylation sites (N-methyl/N-ethyl adjacent to an activating group) is 1. The maximum Gasteiger partial charge on any atom is 0.180 e. The predicted octanol–water partition coefficient (Wildman–Crippen LogP) is 2.58. The summed E-state index contributed by atoms with van der Waals surface area (Å²) in [5, 5.41) is 2.79. The Morgan fingerprint density at radius 1 is 1.17 bits per heavy atom. The Labute approximate surface area is 111 Å². The molecule has 1 rings (SSSR count). The largest absolute Gasteiger partial charge is 0.319 e. The van der Waals surface area contributed by atoms with Gasteiger partial charge in [0, 0.05) is 6.54 Å². The monoisotopic (exact) mass is 269 g/mol. The van der Waals surface area contributed by atoms with E-state index in [4.69, 9.17) is 0 Å². The minimum Gasteiger partial charge on any atom is -0.319 e. The van der Waals surface area contributed by atoms with Crippen LogP contribution in [0.3, 0.4) is 0 Å². The normalized spacial score (nSPS) is 13.8. The standard InChI is InChI=1S/C14H23NO2S/c1-5-12(10-15-4)13-6-8-14(9-7-13)18(16,17)11(2)3/h6-9,11-12,15H,5,10H2,1-4H3. The fourth-order valence-corrected chi connectivity index (χ4v) is 3.01. The summed E-state index contributed by atoms with van der Waals surface area (Å²) in [5.74, 6) is 0.436. The molecular weight excluding hydrogens is 246 g/mol. The van der Waals surface area contributed by atoms with Gasteiger partial charge in [-0.2, -0.15) is 0 Å². The Bertz CT molecular complexity index is 463. The van der Waals surface area contributed by atoms with Crippen LogP contribution in [0.25, 0.3) is 0 Å². The molecule has 1 N–H and O–H groups in total. The van der Waals surface area contributed by atoms with Crippen molar-refractivity contribution in [1.82, 2.24) is 5.32 Å². The summed E-state index contributed by atoms with van der Waals surface area (Å²) in [6.45, 7) is 6.46. The SMILES string of the molecule is CCC(CNC)c1ccc(S(=O)(=O)C(C)C)cc1. The van der Waals surface area contributed by atoms with Gasteiger partial charge in [-0.25, -0.2) is 8.42 Å². The zero-order valence-electron chi connectivity index (χ0n) is 11.6. The maximum atomic E-state index is 12.0. The third kappa shape index (κ3) is 3.33. The van der Waals surface area contributed by atoms with Crippen molar-refractivity contribution in [2.24, 2.45) is 0 Å². The lowest BCUT2D eigenvalue weighted by atomic mass is 9.97. The van der Waals surface area contributed by atoms with E-state index in [1.165, 1.54) is 5.56 Å². The molecule has 1 aromatic rings. The first kappa shape index (κ1) is 15.2. The molecule has 1 aromatic carbocycles. The molecule has 102 valence electrons. The van der Waals surface area contributed by atoms with E-state index in [1.54, 1.807) is 26.0 Å². The van der Waals surface area contributed by atoms with Crippen LogP contribution in [0.1, 0.15) is 38.7 Å². The fourth-order valence-electron chi connectivity index (χ4n) is 1.95. The molecule has 0 amide bonds. The lowest BCUT2D eigenvalue weighted by Gasteiger charge is -2.15. The lowest BCUT2D eigenvalue weighted by Crippen LogP contribution is -2.17. The maximum absolute atomic E-state index is 12.0. The van der Waals surface area contributed by atoms with Crippen LogP contribution in [0.4, 0.5) is 0 Å². The Kier molecular flexibility index (Phi) is 5.35. The lowest BCUT2D eigenvalue weighted by molar-refractivity contribution is 0.586. The van der Waals surface area contributed by atoms with Crippen molar-refractivity contribution in [2.45, 2.75) is 43.3 Å². The molecule has 0 aromatic heterocycles. The first-order valence-corrected chi connectivity index (χ1v) is 7.96.